The molecule has 1 saturated heterocycles. The summed E-state index contributed by atoms with van der Waals surface area (Å²) >= 11 is 1.45. The predicted molar refractivity (Wildman–Crippen MR) is 77.6 cm³/mol. The summed E-state index contributed by atoms with van der Waals surface area (Å²) in [6.07, 6.45) is 3.89. The number of rotatable bonds is 5. The Labute approximate surface area is 123 Å². The zero-order valence-corrected chi connectivity index (χ0v) is 13.1. The van der Waals surface area contributed by atoms with Crippen molar-refractivity contribution >= 4 is 17.7 Å². The first kappa shape index (κ1) is 15.3. The molecule has 7 heteroatoms. The van der Waals surface area contributed by atoms with Crippen LogP contribution in [0.4, 0.5) is 0 Å². The summed E-state index contributed by atoms with van der Waals surface area (Å²) < 4.78 is 7.47. The number of nitrogens with zero attached hydrogens (tertiary/aromatic N) is 4. The van der Waals surface area contributed by atoms with E-state index in [-0.39, 0.29) is 17.3 Å². The van der Waals surface area contributed by atoms with Crippen molar-refractivity contribution in [2.75, 3.05) is 19.7 Å². The van der Waals surface area contributed by atoms with E-state index in [0.717, 1.165) is 24.5 Å². The number of hydrogen-bond acceptors (Lipinski definition) is 5. The van der Waals surface area contributed by atoms with Crippen LogP contribution in [0.3, 0.4) is 0 Å². The summed E-state index contributed by atoms with van der Waals surface area (Å²) in [5.41, 5.74) is 0. The molecule has 6 nitrogen and oxygen atoms in total. The van der Waals surface area contributed by atoms with Gasteiger partial charge < -0.3 is 14.2 Å². The average Bonchev–Trinajstić information content (AvgIpc) is 2.84. The summed E-state index contributed by atoms with van der Waals surface area (Å²) in [5, 5.41) is 8.45. The van der Waals surface area contributed by atoms with Gasteiger partial charge in [0.15, 0.2) is 5.16 Å². The molecule has 1 aromatic heterocycles. The minimum atomic E-state index is -0.154. The molecule has 112 valence electrons. The van der Waals surface area contributed by atoms with Gasteiger partial charge in [-0.2, -0.15) is 0 Å². The van der Waals surface area contributed by atoms with Gasteiger partial charge in [-0.15, -0.1) is 10.2 Å². The number of carbonyl (C=O) groups excluding carboxylic acids is 1. The Morgan fingerprint density at radius 3 is 3.10 bits per heavy atom. The molecule has 0 aliphatic carbocycles. The molecular formula is C13H22N4O2S. The van der Waals surface area contributed by atoms with Crippen LogP contribution in [-0.2, 0) is 16.6 Å². The summed E-state index contributed by atoms with van der Waals surface area (Å²) in [6, 6.07) is 0. The van der Waals surface area contributed by atoms with E-state index in [2.05, 4.69) is 10.2 Å². The van der Waals surface area contributed by atoms with Crippen molar-refractivity contribution in [1.29, 1.82) is 0 Å². The molecule has 1 aliphatic rings. The van der Waals surface area contributed by atoms with Crippen LogP contribution in [0, 0.1) is 0 Å². The number of amides is 1. The Morgan fingerprint density at radius 2 is 2.45 bits per heavy atom. The molecule has 0 spiro atoms. The molecule has 0 bridgehead atoms. The first-order chi connectivity index (χ1) is 9.61. The van der Waals surface area contributed by atoms with Gasteiger partial charge in [0.05, 0.1) is 11.4 Å². The highest BCUT2D eigenvalue weighted by Gasteiger charge is 2.28. The third kappa shape index (κ3) is 3.73. The second-order valence-corrected chi connectivity index (χ2v) is 6.30. The van der Waals surface area contributed by atoms with Crippen molar-refractivity contribution in [3.05, 3.63) is 6.33 Å². The number of aromatic nitrogens is 3. The molecule has 1 aliphatic heterocycles. The predicted octanol–water partition coefficient (Wildman–Crippen LogP) is 1.32. The van der Waals surface area contributed by atoms with Crippen molar-refractivity contribution < 1.29 is 9.53 Å². The molecule has 2 rings (SSSR count). The molecular weight excluding hydrogens is 276 g/mol. The number of piperidine rings is 1. The van der Waals surface area contributed by atoms with Crippen LogP contribution in [0.2, 0.25) is 0 Å². The fourth-order valence-corrected chi connectivity index (χ4v) is 3.23. The van der Waals surface area contributed by atoms with Gasteiger partial charge in [0.1, 0.15) is 6.33 Å². The first-order valence-corrected chi connectivity index (χ1v) is 7.90. The number of thioether (sulfide) groups is 1. The van der Waals surface area contributed by atoms with Gasteiger partial charge >= 0.3 is 0 Å². The second-order valence-electron chi connectivity index (χ2n) is 4.99. The molecule has 0 N–H and O–H groups in total. The minimum Gasteiger partial charge on any atom is -0.377 e. The molecule has 0 saturated carbocycles. The van der Waals surface area contributed by atoms with Crippen LogP contribution in [0.15, 0.2) is 11.5 Å². The quantitative estimate of drug-likeness (QED) is 0.767. The van der Waals surface area contributed by atoms with Crippen LogP contribution in [0.25, 0.3) is 0 Å². The highest BCUT2D eigenvalue weighted by atomic mass is 32.2. The summed E-state index contributed by atoms with van der Waals surface area (Å²) in [6.45, 7) is 6.15. The smallest absolute Gasteiger partial charge is 0.235 e. The van der Waals surface area contributed by atoms with Gasteiger partial charge in [0, 0.05) is 26.7 Å². The Morgan fingerprint density at radius 1 is 1.65 bits per heavy atom. The second kappa shape index (κ2) is 7.08. The lowest BCUT2D eigenvalue weighted by atomic mass is 10.1. The lowest BCUT2D eigenvalue weighted by Gasteiger charge is -2.33. The third-order valence-electron chi connectivity index (χ3n) is 3.39. The Hall–Kier alpha value is -1.08. The van der Waals surface area contributed by atoms with Crippen LogP contribution in [-0.4, -0.2) is 56.6 Å². The van der Waals surface area contributed by atoms with Crippen LogP contribution in [0.1, 0.15) is 26.7 Å². The van der Waals surface area contributed by atoms with Gasteiger partial charge in [-0.3, -0.25) is 4.79 Å². The topological polar surface area (TPSA) is 60.2 Å². The zero-order valence-electron chi connectivity index (χ0n) is 12.3. The maximum atomic E-state index is 12.5. The molecule has 2 unspecified atom stereocenters. The fourth-order valence-electron chi connectivity index (χ4n) is 2.36. The molecule has 2 atom stereocenters. The molecule has 0 radical (unpaired) electrons. The van der Waals surface area contributed by atoms with E-state index in [1.807, 2.05) is 30.4 Å². The van der Waals surface area contributed by atoms with Crippen molar-refractivity contribution in [3.63, 3.8) is 0 Å². The maximum absolute atomic E-state index is 12.5. The molecule has 1 amide bonds. The Kier molecular flexibility index (Phi) is 5.42. The van der Waals surface area contributed by atoms with Crippen molar-refractivity contribution in [1.82, 2.24) is 19.7 Å². The molecule has 0 aromatic carbocycles. The van der Waals surface area contributed by atoms with E-state index < -0.39 is 0 Å². The maximum Gasteiger partial charge on any atom is 0.235 e. The number of hydrogen-bond donors (Lipinski definition) is 0. The summed E-state index contributed by atoms with van der Waals surface area (Å²) in [4.78, 5) is 14.4. The number of carbonyl (C=O) groups is 1. The fraction of sp³-hybridized carbons (Fsp3) is 0.769. The van der Waals surface area contributed by atoms with E-state index in [0.29, 0.717) is 13.2 Å². The molecule has 2 heterocycles. The van der Waals surface area contributed by atoms with Crippen molar-refractivity contribution in [2.45, 2.75) is 43.2 Å². The van der Waals surface area contributed by atoms with Crippen LogP contribution >= 0.6 is 11.8 Å². The number of likely N-dealkylation sites (tertiary alicyclic amines) is 1. The van der Waals surface area contributed by atoms with Crippen LogP contribution < -0.4 is 0 Å². The van der Waals surface area contributed by atoms with E-state index >= 15 is 0 Å². The van der Waals surface area contributed by atoms with Gasteiger partial charge in [-0.1, -0.05) is 11.8 Å². The standard InChI is InChI=1S/C13H22N4O2S/c1-4-19-11-6-5-7-17(8-11)12(18)10(2)20-13-15-14-9-16(13)3/h9-11H,4-8H2,1-3H3. The summed E-state index contributed by atoms with van der Waals surface area (Å²) in [7, 11) is 1.88. The van der Waals surface area contributed by atoms with Crippen LogP contribution in [0.5, 0.6) is 0 Å². The van der Waals surface area contributed by atoms with E-state index in [9.17, 15) is 4.79 Å². The highest BCUT2D eigenvalue weighted by Crippen LogP contribution is 2.23. The Bertz CT molecular complexity index is 449. The molecule has 1 aromatic rings. The van der Waals surface area contributed by atoms with E-state index in [1.165, 1.54) is 11.8 Å². The lowest BCUT2D eigenvalue weighted by Crippen LogP contribution is -2.46. The normalized spacial score (nSPS) is 20.9. The highest BCUT2D eigenvalue weighted by molar-refractivity contribution is 8.00. The Balaban J connectivity index is 1.91. The van der Waals surface area contributed by atoms with Gasteiger partial charge in [0.25, 0.3) is 0 Å². The van der Waals surface area contributed by atoms with Gasteiger partial charge in [-0.05, 0) is 26.7 Å². The van der Waals surface area contributed by atoms with Gasteiger partial charge in [-0.25, -0.2) is 0 Å². The monoisotopic (exact) mass is 298 g/mol. The average molecular weight is 298 g/mol. The van der Waals surface area contributed by atoms with Gasteiger partial charge in [0.2, 0.25) is 5.91 Å². The van der Waals surface area contributed by atoms with Crippen molar-refractivity contribution in [2.24, 2.45) is 7.05 Å². The molecule has 1 fully saturated rings. The SMILES string of the molecule is CCOC1CCCN(C(=O)C(C)Sc2nncn2C)C1. The number of aryl methyl sites for hydroxylation is 1. The van der Waals surface area contributed by atoms with E-state index in [4.69, 9.17) is 4.74 Å². The lowest BCUT2D eigenvalue weighted by molar-refractivity contribution is -0.134. The number of ether oxygens (including phenoxy) is 1. The largest absolute Gasteiger partial charge is 0.377 e. The first-order valence-electron chi connectivity index (χ1n) is 7.02. The van der Waals surface area contributed by atoms with E-state index in [1.54, 1.807) is 6.33 Å². The molecule has 20 heavy (non-hydrogen) atoms. The third-order valence-corrected chi connectivity index (χ3v) is 4.53. The summed E-state index contributed by atoms with van der Waals surface area (Å²) in [5.74, 6) is 0.155. The van der Waals surface area contributed by atoms with Crippen molar-refractivity contribution in [3.8, 4) is 0 Å². The minimum absolute atomic E-state index is 0.154. The zero-order chi connectivity index (χ0) is 14.5.